The van der Waals surface area contributed by atoms with Gasteiger partial charge in [-0.1, -0.05) is 20.8 Å². The lowest BCUT2D eigenvalue weighted by atomic mass is 9.93. The van der Waals surface area contributed by atoms with Gasteiger partial charge in [-0.05, 0) is 6.07 Å². The van der Waals surface area contributed by atoms with Crippen LogP contribution in [0.25, 0.3) is 0 Å². The maximum atomic E-state index is 8.64. The van der Waals surface area contributed by atoms with Gasteiger partial charge in [-0.3, -0.25) is 4.68 Å². The Morgan fingerprint density at radius 2 is 2.00 bits per heavy atom. The van der Waals surface area contributed by atoms with Crippen molar-refractivity contribution in [2.24, 2.45) is 5.92 Å². The van der Waals surface area contributed by atoms with Crippen molar-refractivity contribution in [1.29, 1.82) is 10.5 Å². The molecule has 15 heavy (non-hydrogen) atoms. The Balaban J connectivity index is 2.79. The predicted molar refractivity (Wildman–Crippen MR) is 55.6 cm³/mol. The smallest absolute Gasteiger partial charge is 0.152 e. The molecule has 0 amide bonds. The molecule has 0 radical (unpaired) electrons. The summed E-state index contributed by atoms with van der Waals surface area (Å²) in [4.78, 5) is 0. The molecule has 0 atom stereocenters. The van der Waals surface area contributed by atoms with E-state index in [1.54, 1.807) is 4.68 Å². The maximum Gasteiger partial charge on any atom is 0.152 e. The second kappa shape index (κ2) is 4.14. The van der Waals surface area contributed by atoms with E-state index in [0.29, 0.717) is 6.54 Å². The first-order valence-corrected chi connectivity index (χ1v) is 4.80. The molecule has 78 valence electrons. The third-order valence-corrected chi connectivity index (χ3v) is 2.09. The molecule has 0 N–H and O–H groups in total. The normalized spacial score (nSPS) is 11.1. The van der Waals surface area contributed by atoms with Crippen molar-refractivity contribution >= 4 is 0 Å². The van der Waals surface area contributed by atoms with Gasteiger partial charge in [0.2, 0.25) is 0 Å². The van der Waals surface area contributed by atoms with Crippen molar-refractivity contribution in [2.45, 2.75) is 32.7 Å². The Bertz CT molecular complexity index is 397. The zero-order valence-corrected chi connectivity index (χ0v) is 9.23. The second-order valence-electron chi connectivity index (χ2n) is 4.48. The van der Waals surface area contributed by atoms with E-state index in [1.165, 1.54) is 0 Å². The van der Waals surface area contributed by atoms with Crippen LogP contribution in [-0.4, -0.2) is 9.78 Å². The minimum Gasteiger partial charge on any atom is -0.270 e. The molecule has 0 fully saturated rings. The van der Waals surface area contributed by atoms with E-state index in [9.17, 15) is 0 Å². The Labute approximate surface area is 89.7 Å². The highest BCUT2D eigenvalue weighted by Gasteiger charge is 2.17. The second-order valence-corrected chi connectivity index (χ2v) is 4.48. The van der Waals surface area contributed by atoms with Crippen LogP contribution in [0, 0.1) is 28.6 Å². The SMILES string of the molecule is CC(C)(C)c1ccn(CC(C#N)C#N)n1. The van der Waals surface area contributed by atoms with Gasteiger partial charge in [-0.2, -0.15) is 15.6 Å². The first-order chi connectivity index (χ1) is 6.97. The van der Waals surface area contributed by atoms with Crippen molar-refractivity contribution in [3.05, 3.63) is 18.0 Å². The summed E-state index contributed by atoms with van der Waals surface area (Å²) in [6.45, 7) is 6.56. The molecule has 1 heterocycles. The number of hydrogen-bond donors (Lipinski definition) is 0. The van der Waals surface area contributed by atoms with Gasteiger partial charge in [0.25, 0.3) is 0 Å². The molecule has 0 aliphatic carbocycles. The first kappa shape index (κ1) is 11.3. The van der Waals surface area contributed by atoms with Gasteiger partial charge in [0.1, 0.15) is 0 Å². The molecule has 0 unspecified atom stereocenters. The number of aromatic nitrogens is 2. The van der Waals surface area contributed by atoms with Gasteiger partial charge in [0.15, 0.2) is 5.92 Å². The van der Waals surface area contributed by atoms with Gasteiger partial charge >= 0.3 is 0 Å². The molecule has 4 heteroatoms. The Morgan fingerprint density at radius 3 is 2.40 bits per heavy atom. The van der Waals surface area contributed by atoms with E-state index in [2.05, 4.69) is 25.9 Å². The van der Waals surface area contributed by atoms with E-state index in [4.69, 9.17) is 10.5 Å². The molecule has 1 aromatic rings. The molecule has 0 saturated heterocycles. The van der Waals surface area contributed by atoms with Gasteiger partial charge in [0, 0.05) is 11.6 Å². The van der Waals surface area contributed by atoms with Crippen LogP contribution in [-0.2, 0) is 12.0 Å². The summed E-state index contributed by atoms with van der Waals surface area (Å²) in [7, 11) is 0. The van der Waals surface area contributed by atoms with Gasteiger partial charge in [-0.25, -0.2) is 0 Å². The van der Waals surface area contributed by atoms with Crippen molar-refractivity contribution in [1.82, 2.24) is 9.78 Å². The standard InChI is InChI=1S/C11H14N4/c1-11(2,3)10-4-5-15(14-10)8-9(6-12)7-13/h4-5,9H,8H2,1-3H3. The lowest BCUT2D eigenvalue weighted by molar-refractivity contribution is 0.516. The van der Waals surface area contributed by atoms with Crippen molar-refractivity contribution in [3.63, 3.8) is 0 Å². The monoisotopic (exact) mass is 202 g/mol. The molecule has 0 aliphatic rings. The van der Waals surface area contributed by atoms with E-state index in [1.807, 2.05) is 24.4 Å². The molecule has 1 rings (SSSR count). The highest BCUT2D eigenvalue weighted by Crippen LogP contribution is 2.19. The van der Waals surface area contributed by atoms with Gasteiger partial charge in [-0.15, -0.1) is 0 Å². The summed E-state index contributed by atoms with van der Waals surface area (Å²) >= 11 is 0. The van der Waals surface area contributed by atoms with Crippen LogP contribution in [0.3, 0.4) is 0 Å². The average Bonchev–Trinajstić information content (AvgIpc) is 2.61. The number of nitriles is 2. The number of hydrogen-bond acceptors (Lipinski definition) is 3. The maximum absolute atomic E-state index is 8.64. The predicted octanol–water partition coefficient (Wildman–Crippen LogP) is 1.84. The van der Waals surface area contributed by atoms with Crippen LogP contribution in [0.2, 0.25) is 0 Å². The minimum atomic E-state index is -0.627. The molecule has 0 spiro atoms. The topological polar surface area (TPSA) is 65.4 Å². The Morgan fingerprint density at radius 1 is 1.40 bits per heavy atom. The third kappa shape index (κ3) is 2.82. The number of rotatable bonds is 2. The molecule has 1 aromatic heterocycles. The van der Waals surface area contributed by atoms with E-state index in [0.717, 1.165) is 5.69 Å². The van der Waals surface area contributed by atoms with Gasteiger partial charge < -0.3 is 0 Å². The first-order valence-electron chi connectivity index (χ1n) is 4.80. The largest absolute Gasteiger partial charge is 0.270 e. The third-order valence-electron chi connectivity index (χ3n) is 2.09. The molecular weight excluding hydrogens is 188 g/mol. The zero-order chi connectivity index (χ0) is 11.5. The molecule has 4 nitrogen and oxygen atoms in total. The van der Waals surface area contributed by atoms with Crippen LogP contribution in [0.1, 0.15) is 26.5 Å². The molecule has 0 aliphatic heterocycles. The van der Waals surface area contributed by atoms with Crippen LogP contribution in [0.5, 0.6) is 0 Å². The lowest BCUT2D eigenvalue weighted by Gasteiger charge is -2.14. The number of nitrogens with zero attached hydrogens (tertiary/aromatic N) is 4. The Hall–Kier alpha value is -1.81. The van der Waals surface area contributed by atoms with Crippen molar-refractivity contribution < 1.29 is 0 Å². The average molecular weight is 202 g/mol. The quantitative estimate of drug-likeness (QED) is 0.735. The molecule has 0 aromatic carbocycles. The van der Waals surface area contributed by atoms with Crippen LogP contribution in [0.15, 0.2) is 12.3 Å². The van der Waals surface area contributed by atoms with Crippen LogP contribution < -0.4 is 0 Å². The fraction of sp³-hybridized carbons (Fsp3) is 0.545. The fourth-order valence-electron chi connectivity index (χ4n) is 1.16. The highest BCUT2D eigenvalue weighted by molar-refractivity contribution is 5.11. The molecule has 0 saturated carbocycles. The minimum absolute atomic E-state index is 0.0000328. The summed E-state index contributed by atoms with van der Waals surface area (Å²) in [6.07, 6.45) is 1.81. The molecular formula is C11H14N4. The van der Waals surface area contributed by atoms with Crippen LogP contribution >= 0.6 is 0 Å². The lowest BCUT2D eigenvalue weighted by Crippen LogP contribution is -2.14. The summed E-state index contributed by atoms with van der Waals surface area (Å²) in [5.41, 5.74) is 0.970. The molecule has 0 bridgehead atoms. The summed E-state index contributed by atoms with van der Waals surface area (Å²) in [5.74, 6) is -0.627. The van der Waals surface area contributed by atoms with Crippen LogP contribution in [0.4, 0.5) is 0 Å². The summed E-state index contributed by atoms with van der Waals surface area (Å²) in [5, 5.41) is 21.6. The van der Waals surface area contributed by atoms with E-state index < -0.39 is 5.92 Å². The van der Waals surface area contributed by atoms with Crippen molar-refractivity contribution in [2.75, 3.05) is 0 Å². The Kier molecular flexibility index (Phi) is 3.11. The van der Waals surface area contributed by atoms with E-state index in [-0.39, 0.29) is 5.41 Å². The highest BCUT2D eigenvalue weighted by atomic mass is 15.3. The van der Waals surface area contributed by atoms with Crippen molar-refractivity contribution in [3.8, 4) is 12.1 Å². The summed E-state index contributed by atoms with van der Waals surface area (Å²) in [6, 6.07) is 5.77. The summed E-state index contributed by atoms with van der Waals surface area (Å²) < 4.78 is 1.65. The zero-order valence-electron chi connectivity index (χ0n) is 9.23. The van der Waals surface area contributed by atoms with E-state index >= 15 is 0 Å². The fourth-order valence-corrected chi connectivity index (χ4v) is 1.16. The van der Waals surface area contributed by atoms with Gasteiger partial charge in [0.05, 0.1) is 24.4 Å².